The molecule has 3 aliphatic rings. The van der Waals surface area contributed by atoms with Gasteiger partial charge in [-0.05, 0) is 37.1 Å². The van der Waals surface area contributed by atoms with E-state index in [1.54, 1.807) is 0 Å². The number of hydrogen-bond donors (Lipinski definition) is 1. The van der Waals surface area contributed by atoms with Crippen molar-refractivity contribution in [3.63, 3.8) is 0 Å². The van der Waals surface area contributed by atoms with E-state index in [1.165, 1.54) is 0 Å². The number of nitrogens with zero attached hydrogens (tertiary/aromatic N) is 4. The molecule has 0 radical (unpaired) electrons. The largest absolute Gasteiger partial charge is 0.399 e. The van der Waals surface area contributed by atoms with Crippen molar-refractivity contribution in [2.75, 3.05) is 7.05 Å². The third-order valence-electron chi connectivity index (χ3n) is 6.46. The molecule has 4 atom stereocenters. The number of halogens is 1. The number of hydrogen-bond acceptors (Lipinski definition) is 5. The molecule has 0 saturated carbocycles. The third-order valence-corrected chi connectivity index (χ3v) is 7.19. The highest BCUT2D eigenvalue weighted by atomic mass is 79.9. The Morgan fingerprint density at radius 3 is 2.52 bits per heavy atom. The number of likely N-dealkylation sites (N-methyl/N-ethyl adjacent to an activating group) is 1. The van der Waals surface area contributed by atoms with Crippen LogP contribution in [0.25, 0.3) is 0 Å². The molecule has 2 aliphatic heterocycles. The molecule has 0 spiro atoms. The van der Waals surface area contributed by atoms with E-state index in [0.717, 1.165) is 28.5 Å². The summed E-state index contributed by atoms with van der Waals surface area (Å²) >= 11 is 3.60. The zero-order chi connectivity index (χ0) is 19.3. The minimum absolute atomic E-state index is 0.0854. The molecule has 2 unspecified atom stereocenters. The van der Waals surface area contributed by atoms with E-state index in [4.69, 9.17) is 5.73 Å². The summed E-state index contributed by atoms with van der Waals surface area (Å²) in [5.41, 5.74) is 6.98. The normalized spacial score (nSPS) is 31.3. The lowest BCUT2D eigenvalue weighted by Crippen LogP contribution is -2.51. The molecule has 4 rings (SSSR count). The van der Waals surface area contributed by atoms with Gasteiger partial charge in [-0.15, -0.1) is 0 Å². The second-order valence-corrected chi connectivity index (χ2v) is 8.31. The summed E-state index contributed by atoms with van der Waals surface area (Å²) in [5.74, 6) is -0.577. The van der Waals surface area contributed by atoms with Gasteiger partial charge in [-0.3, -0.25) is 4.90 Å². The Bertz CT molecular complexity index is 989. The number of fused-ring (bicyclic) bond motifs is 4. The van der Waals surface area contributed by atoms with E-state index in [2.05, 4.69) is 52.2 Å². The zero-order valence-corrected chi connectivity index (χ0v) is 16.4. The van der Waals surface area contributed by atoms with E-state index >= 15 is 0 Å². The molecule has 2 N–H and O–H groups in total. The summed E-state index contributed by atoms with van der Waals surface area (Å²) in [6.07, 6.45) is 4.11. The average Bonchev–Trinajstić information content (AvgIpc) is 2.91. The van der Waals surface area contributed by atoms with Crippen molar-refractivity contribution in [2.45, 2.75) is 30.8 Å². The maximum Gasteiger partial charge on any atom is 0.191 e. The van der Waals surface area contributed by atoms with E-state index in [1.807, 2.05) is 24.3 Å². The Labute approximate surface area is 167 Å². The Morgan fingerprint density at radius 1 is 1.19 bits per heavy atom. The molecular formula is C21H18BrN5. The average molecular weight is 420 g/mol. The molecular weight excluding hydrogens is 402 g/mol. The standard InChI is InChI=1S/C21H18BrN5/c1-27-12-6-7-17(27)18-14(8-12)15(9-23)20(26)21(10-24,11-25)19(18)13-4-2-3-5-16(13)22/h2-5,8,12,17-19H,6-7,26H2,1H3/t12?,17?,18-,19+/m0/s1. The molecule has 2 bridgehead atoms. The Hall–Kier alpha value is -2.59. The van der Waals surface area contributed by atoms with Gasteiger partial charge in [-0.2, -0.15) is 15.8 Å². The predicted molar refractivity (Wildman–Crippen MR) is 104 cm³/mol. The molecule has 0 aromatic heterocycles. The number of nitriles is 3. The Kier molecular flexibility index (Phi) is 4.11. The third kappa shape index (κ3) is 2.23. The van der Waals surface area contributed by atoms with E-state index in [0.29, 0.717) is 5.57 Å². The van der Waals surface area contributed by atoms with Gasteiger partial charge in [0.05, 0.1) is 23.4 Å². The smallest absolute Gasteiger partial charge is 0.191 e. The summed E-state index contributed by atoms with van der Waals surface area (Å²) in [4.78, 5) is 2.31. The minimum atomic E-state index is -1.58. The van der Waals surface area contributed by atoms with Crippen LogP contribution in [0.2, 0.25) is 0 Å². The van der Waals surface area contributed by atoms with Crippen LogP contribution in [0.15, 0.2) is 51.7 Å². The second kappa shape index (κ2) is 6.24. The van der Waals surface area contributed by atoms with Gasteiger partial charge in [0, 0.05) is 28.4 Å². The Morgan fingerprint density at radius 2 is 1.89 bits per heavy atom. The van der Waals surface area contributed by atoms with Crippen LogP contribution in [0.5, 0.6) is 0 Å². The van der Waals surface area contributed by atoms with Gasteiger partial charge >= 0.3 is 0 Å². The Balaban J connectivity index is 2.08. The van der Waals surface area contributed by atoms with Crippen LogP contribution in [0.3, 0.4) is 0 Å². The number of nitrogens with two attached hydrogens (primary N) is 1. The molecule has 1 fully saturated rings. The van der Waals surface area contributed by atoms with E-state index in [9.17, 15) is 15.8 Å². The summed E-state index contributed by atoms with van der Waals surface area (Å²) in [6, 6.07) is 14.7. The van der Waals surface area contributed by atoms with Gasteiger partial charge in [-0.25, -0.2) is 0 Å². The summed E-state index contributed by atoms with van der Waals surface area (Å²) in [6.45, 7) is 0. The van der Waals surface area contributed by atoms with Crippen LogP contribution < -0.4 is 5.73 Å². The number of allylic oxidation sites excluding steroid dienone is 2. The van der Waals surface area contributed by atoms with Gasteiger partial charge < -0.3 is 5.73 Å². The molecule has 5 nitrogen and oxygen atoms in total. The van der Waals surface area contributed by atoms with Crippen molar-refractivity contribution in [3.8, 4) is 18.2 Å². The van der Waals surface area contributed by atoms with Crippen molar-refractivity contribution < 1.29 is 0 Å². The van der Waals surface area contributed by atoms with Crippen LogP contribution in [0.4, 0.5) is 0 Å². The first kappa shape index (κ1) is 17.8. The summed E-state index contributed by atoms with van der Waals surface area (Å²) in [5, 5.41) is 30.1. The van der Waals surface area contributed by atoms with Gasteiger partial charge in [-0.1, -0.05) is 40.2 Å². The molecule has 1 aliphatic carbocycles. The minimum Gasteiger partial charge on any atom is -0.399 e. The van der Waals surface area contributed by atoms with Crippen molar-refractivity contribution in [3.05, 3.63) is 57.2 Å². The highest BCUT2D eigenvalue weighted by Crippen LogP contribution is 2.58. The molecule has 1 aromatic rings. The van der Waals surface area contributed by atoms with Gasteiger partial charge in [0.2, 0.25) is 0 Å². The predicted octanol–water partition coefficient (Wildman–Crippen LogP) is 3.34. The molecule has 2 heterocycles. The lowest BCUT2D eigenvalue weighted by molar-refractivity contribution is 0.160. The molecule has 134 valence electrons. The molecule has 0 amide bonds. The fourth-order valence-corrected chi connectivity index (χ4v) is 5.69. The number of rotatable bonds is 1. The molecule has 27 heavy (non-hydrogen) atoms. The van der Waals surface area contributed by atoms with Crippen molar-refractivity contribution in [1.29, 1.82) is 15.8 Å². The number of benzene rings is 1. The lowest BCUT2D eigenvalue weighted by Gasteiger charge is -2.48. The van der Waals surface area contributed by atoms with Crippen LogP contribution >= 0.6 is 15.9 Å². The topological polar surface area (TPSA) is 101 Å². The van der Waals surface area contributed by atoms with Crippen molar-refractivity contribution in [1.82, 2.24) is 4.90 Å². The fraction of sp³-hybridized carbons (Fsp3) is 0.381. The van der Waals surface area contributed by atoms with E-state index < -0.39 is 11.3 Å². The molecule has 1 aromatic carbocycles. The SMILES string of the molecule is CN1C2C=C3C(C#N)=C(N)C(C#N)(C#N)[C@H](c4ccccc4Br)[C@@H]3C1CC2. The first-order valence-electron chi connectivity index (χ1n) is 8.91. The first-order chi connectivity index (χ1) is 13.0. The fourth-order valence-electron chi connectivity index (χ4n) is 5.16. The van der Waals surface area contributed by atoms with Crippen LogP contribution in [-0.4, -0.2) is 24.0 Å². The zero-order valence-electron chi connectivity index (χ0n) is 14.9. The van der Waals surface area contributed by atoms with Crippen LogP contribution in [0.1, 0.15) is 24.3 Å². The highest BCUT2D eigenvalue weighted by molar-refractivity contribution is 9.10. The maximum atomic E-state index is 10.1. The second-order valence-electron chi connectivity index (χ2n) is 7.46. The van der Waals surface area contributed by atoms with Crippen molar-refractivity contribution in [2.24, 2.45) is 17.1 Å². The van der Waals surface area contributed by atoms with Gasteiger partial charge in [0.25, 0.3) is 0 Å². The lowest BCUT2D eigenvalue weighted by atomic mass is 9.56. The molecule has 1 saturated heterocycles. The molecule has 6 heteroatoms. The van der Waals surface area contributed by atoms with Crippen LogP contribution in [-0.2, 0) is 0 Å². The first-order valence-corrected chi connectivity index (χ1v) is 9.70. The van der Waals surface area contributed by atoms with Crippen molar-refractivity contribution >= 4 is 15.9 Å². The monoisotopic (exact) mass is 419 g/mol. The quantitative estimate of drug-likeness (QED) is 0.751. The maximum absolute atomic E-state index is 10.1. The summed E-state index contributed by atoms with van der Waals surface area (Å²) < 4.78 is 0.847. The highest BCUT2D eigenvalue weighted by Gasteiger charge is 2.58. The van der Waals surface area contributed by atoms with Crippen LogP contribution in [0, 0.1) is 45.3 Å². The van der Waals surface area contributed by atoms with Gasteiger partial charge in [0.1, 0.15) is 6.07 Å². The van der Waals surface area contributed by atoms with Gasteiger partial charge in [0.15, 0.2) is 5.41 Å². The van der Waals surface area contributed by atoms with E-state index in [-0.39, 0.29) is 23.7 Å². The summed E-state index contributed by atoms with van der Waals surface area (Å²) in [7, 11) is 2.08.